The molecular weight excluding hydrogens is 251 g/mol. The molecule has 0 fully saturated rings. The van der Waals surface area contributed by atoms with Gasteiger partial charge in [0.15, 0.2) is 0 Å². The summed E-state index contributed by atoms with van der Waals surface area (Å²) in [5.74, 6) is -1.70. The molecule has 0 spiro atoms. The first-order valence-electron chi connectivity index (χ1n) is 7.58. The average molecular weight is 280 g/mol. The zero-order valence-corrected chi connectivity index (χ0v) is 13.7. The second kappa shape index (κ2) is 12.3. The Morgan fingerprint density at radius 3 is 1.80 bits per heavy atom. The van der Waals surface area contributed by atoms with Gasteiger partial charge in [-0.3, -0.25) is 9.59 Å². The van der Waals surface area contributed by atoms with Crippen molar-refractivity contribution in [2.24, 2.45) is 11.3 Å². The second-order valence-electron chi connectivity index (χ2n) is 6.28. The fraction of sp³-hybridized carbons (Fsp3) is 0.867. The van der Waals surface area contributed by atoms with Gasteiger partial charge in [-0.25, -0.2) is 0 Å². The number of rotatable bonds is 8. The molecule has 0 aliphatic carbocycles. The molecule has 0 aliphatic rings. The third-order valence-electron chi connectivity index (χ3n) is 3.43. The van der Waals surface area contributed by atoms with Gasteiger partial charge in [-0.15, -0.1) is 0 Å². The van der Waals surface area contributed by atoms with Crippen molar-refractivity contribution in [3.8, 4) is 0 Å². The van der Waals surface area contributed by atoms with Crippen molar-refractivity contribution in [2.45, 2.75) is 71.3 Å². The number of unbranched alkanes of at least 4 members (excludes halogenated alkanes) is 3. The molecule has 0 aromatic heterocycles. The minimum absolute atomic E-state index is 0.515. The van der Waals surface area contributed by atoms with Crippen molar-refractivity contribution in [1.82, 2.24) is 0 Å². The summed E-state index contributed by atoms with van der Waals surface area (Å²) in [5, 5.41) is 16.7. The van der Waals surface area contributed by atoms with Crippen molar-refractivity contribution in [3.05, 3.63) is 0 Å². The van der Waals surface area contributed by atoms with Crippen LogP contribution >= 0.6 is 0 Å². The predicted octanol–water partition coefficient (Wildman–Crippen LogP) is 3.75. The van der Waals surface area contributed by atoms with Crippen LogP contribution in [0.25, 0.3) is 0 Å². The summed E-state index contributed by atoms with van der Waals surface area (Å²) in [6, 6.07) is 0. The van der Waals surface area contributed by atoms with E-state index in [0.717, 1.165) is 5.92 Å². The van der Waals surface area contributed by atoms with Crippen LogP contribution in [0.2, 0.25) is 5.09 Å². The van der Waals surface area contributed by atoms with Gasteiger partial charge < -0.3 is 10.2 Å². The molecule has 0 aliphatic heterocycles. The molecule has 0 aromatic rings. The van der Waals surface area contributed by atoms with Crippen LogP contribution in [-0.2, 0) is 9.59 Å². The summed E-state index contributed by atoms with van der Waals surface area (Å²) in [7, 11) is 0. The van der Waals surface area contributed by atoms with E-state index < -0.39 is 18.4 Å². The van der Waals surface area contributed by atoms with Gasteiger partial charge in [-0.1, -0.05) is 0 Å². The molecule has 4 nitrogen and oxygen atoms in total. The molecule has 0 heterocycles. The summed E-state index contributed by atoms with van der Waals surface area (Å²) in [6.07, 6.45) is 6.26. The number of hydrogen-bond acceptors (Lipinski definition) is 2. The summed E-state index contributed by atoms with van der Waals surface area (Å²) in [6.45, 7) is 9.41. The Morgan fingerprint density at radius 2 is 1.55 bits per heavy atom. The Labute approximate surface area is 132 Å². The van der Waals surface area contributed by atoms with E-state index in [0.29, 0.717) is 5.41 Å². The normalized spacial score (nSPS) is 12.3. The quantitative estimate of drug-likeness (QED) is 0.403. The van der Waals surface area contributed by atoms with Crippen molar-refractivity contribution in [2.75, 3.05) is 0 Å². The zero-order chi connectivity index (χ0) is 16.2. The number of carbonyl (C=O) groups is 2. The molecule has 0 amide bonds. The van der Waals surface area contributed by atoms with Gasteiger partial charge in [0.2, 0.25) is 0 Å². The molecule has 20 heavy (non-hydrogen) atoms. The van der Waals surface area contributed by atoms with Gasteiger partial charge in [-0.05, 0) is 0 Å². The number of carboxylic acids is 2. The first kappa shape index (κ1) is 21.8. The van der Waals surface area contributed by atoms with E-state index in [9.17, 15) is 9.59 Å². The Bertz CT molecular complexity index is 260. The molecule has 0 bridgehead atoms. The van der Waals surface area contributed by atoms with Crippen LogP contribution in [0.5, 0.6) is 0 Å². The molecule has 2 N–H and O–H groups in total. The Morgan fingerprint density at radius 1 is 1.05 bits per heavy atom. The Kier molecular flexibility index (Phi) is 13.4. The molecule has 0 aromatic carbocycles. The average Bonchev–Trinajstić information content (AvgIpc) is 2.26. The fourth-order valence-corrected chi connectivity index (χ4v) is 2.20. The molecule has 1 unspecified atom stereocenters. The summed E-state index contributed by atoms with van der Waals surface area (Å²) >= 11 is 2.33. The third kappa shape index (κ3) is 15.6. The monoisotopic (exact) mass is 280 g/mol. The van der Waals surface area contributed by atoms with Gasteiger partial charge in [0.1, 0.15) is 6.42 Å². The van der Waals surface area contributed by atoms with E-state index in [1.165, 1.54) is 37.2 Å². The van der Waals surface area contributed by atoms with Gasteiger partial charge >= 0.3 is 106 Å². The number of aliphatic carboxylic acids is 2. The van der Waals surface area contributed by atoms with Crippen LogP contribution in [0.4, 0.5) is 0 Å². The summed E-state index contributed by atoms with van der Waals surface area (Å²) < 4.78 is 0. The van der Waals surface area contributed by atoms with Crippen molar-refractivity contribution >= 4 is 29.7 Å². The van der Waals surface area contributed by atoms with Crippen LogP contribution in [0.1, 0.15) is 66.2 Å². The van der Waals surface area contributed by atoms with E-state index in [1.54, 1.807) is 0 Å². The maximum absolute atomic E-state index is 9.43. The molecule has 0 saturated heterocycles. The van der Waals surface area contributed by atoms with Crippen molar-refractivity contribution < 1.29 is 19.8 Å². The first-order chi connectivity index (χ1) is 9.15. The molecule has 0 rings (SSSR count). The summed E-state index contributed by atoms with van der Waals surface area (Å²) in [4.78, 5) is 18.9. The standard InChI is InChI=1S/C12H25.C3H4O4.Li/c1-6-7-8-9-10-11(2)12(3,4)5;4-2(5)1-3(6)7;/h11H,2,6-10H2,1,3-5H3;1H2,(H,4,5)(H,6,7);. The van der Waals surface area contributed by atoms with E-state index in [2.05, 4.69) is 45.4 Å². The minimum atomic E-state index is -1.31. The number of hydrogen-bond donors (Lipinski definition) is 2. The Hall–Kier alpha value is -0.463. The van der Waals surface area contributed by atoms with Crippen molar-refractivity contribution in [1.29, 1.82) is 0 Å². The number of carboxylic acid groups (broad SMARTS) is 2. The fourth-order valence-electron chi connectivity index (χ4n) is 2.20. The third-order valence-corrected chi connectivity index (χ3v) is 3.43. The van der Waals surface area contributed by atoms with E-state index in [4.69, 9.17) is 10.2 Å². The molecular formula is C15H29LiO4. The van der Waals surface area contributed by atoms with E-state index in [-0.39, 0.29) is 0 Å². The molecule has 114 valence electrons. The zero-order valence-electron chi connectivity index (χ0n) is 13.7. The molecule has 0 saturated carbocycles. The maximum atomic E-state index is 9.43. The van der Waals surface area contributed by atoms with Gasteiger partial charge in [0, 0.05) is 0 Å². The van der Waals surface area contributed by atoms with Gasteiger partial charge in [0.25, 0.3) is 0 Å². The van der Waals surface area contributed by atoms with Crippen LogP contribution < -0.4 is 0 Å². The predicted molar refractivity (Wildman–Crippen MR) is 82.2 cm³/mol. The van der Waals surface area contributed by atoms with Crippen LogP contribution in [0, 0.1) is 11.3 Å². The van der Waals surface area contributed by atoms with E-state index in [1.807, 2.05) is 0 Å². The molecule has 1 atom stereocenters. The molecule has 5 heteroatoms. The van der Waals surface area contributed by atoms with E-state index >= 15 is 0 Å². The van der Waals surface area contributed by atoms with Crippen molar-refractivity contribution in [3.63, 3.8) is 0 Å². The Balaban J connectivity index is 0. The van der Waals surface area contributed by atoms with Gasteiger partial charge in [-0.2, -0.15) is 0 Å². The topological polar surface area (TPSA) is 74.6 Å². The SMILES string of the molecule is O=C(O)CC(=O)O.[Li][CH2]C(CCCCCC)C(C)(C)C. The van der Waals surface area contributed by atoms with Crippen LogP contribution in [-0.4, -0.2) is 39.9 Å². The van der Waals surface area contributed by atoms with Gasteiger partial charge in [0.05, 0.1) is 0 Å². The molecule has 0 radical (unpaired) electrons. The van der Waals surface area contributed by atoms with Crippen LogP contribution in [0.15, 0.2) is 0 Å². The summed E-state index contributed by atoms with van der Waals surface area (Å²) in [5.41, 5.74) is 0.515. The van der Waals surface area contributed by atoms with Crippen LogP contribution in [0.3, 0.4) is 0 Å². The second-order valence-corrected chi connectivity index (χ2v) is 6.28. The first-order valence-corrected chi connectivity index (χ1v) is 7.58.